The summed E-state index contributed by atoms with van der Waals surface area (Å²) in [6.07, 6.45) is 15.7. The molecule has 1 aliphatic heterocycles. The molecule has 0 radical (unpaired) electrons. The third-order valence-corrected chi connectivity index (χ3v) is 5.19. The van der Waals surface area contributed by atoms with Crippen molar-refractivity contribution in [3.05, 3.63) is 24.3 Å². The highest BCUT2D eigenvalue weighted by atomic mass is 35.5. The fraction of sp³-hybridized carbons (Fsp3) is 0.750. The van der Waals surface area contributed by atoms with E-state index >= 15 is 0 Å². The molecule has 1 aliphatic rings. The van der Waals surface area contributed by atoms with E-state index in [1.807, 2.05) is 6.08 Å². The Hall–Kier alpha value is -0.840. The van der Waals surface area contributed by atoms with Crippen LogP contribution in [0.5, 0.6) is 0 Å². The molecule has 4 nitrogen and oxygen atoms in total. The molecule has 3 atom stereocenters. The van der Waals surface area contributed by atoms with Crippen molar-refractivity contribution in [2.45, 2.75) is 82.2 Å². The first-order valence-electron chi connectivity index (χ1n) is 9.64. The SMILES string of the molecule is CCCCC[C@@H](O)/C=C\CN1CC[C@@H](Cl)[C@H]1C/C=C\CCCC(=O)O. The van der Waals surface area contributed by atoms with Crippen molar-refractivity contribution in [2.75, 3.05) is 13.1 Å². The lowest BCUT2D eigenvalue weighted by atomic mass is 10.1. The van der Waals surface area contributed by atoms with Crippen LogP contribution in [0.1, 0.15) is 64.7 Å². The summed E-state index contributed by atoms with van der Waals surface area (Å²) in [5.74, 6) is -0.736. The highest BCUT2D eigenvalue weighted by Crippen LogP contribution is 2.25. The third-order valence-electron chi connectivity index (χ3n) is 4.69. The number of carboxylic acid groups (broad SMARTS) is 1. The molecule has 0 spiro atoms. The molecule has 1 heterocycles. The fourth-order valence-electron chi connectivity index (χ4n) is 3.18. The van der Waals surface area contributed by atoms with Crippen molar-refractivity contribution in [3.8, 4) is 0 Å². The number of hydrogen-bond donors (Lipinski definition) is 2. The van der Waals surface area contributed by atoms with Gasteiger partial charge in [-0.15, -0.1) is 11.6 Å². The lowest BCUT2D eigenvalue weighted by Crippen LogP contribution is -2.33. The minimum atomic E-state index is -0.736. The summed E-state index contributed by atoms with van der Waals surface area (Å²) in [5, 5.41) is 18.7. The van der Waals surface area contributed by atoms with Gasteiger partial charge in [-0.3, -0.25) is 9.69 Å². The standard InChI is InChI=1S/C20H34ClNO3/c1-2-3-6-10-17(23)11-9-15-22-16-14-18(21)19(22)12-7-4-5-8-13-20(24)25/h4,7,9,11,17-19,23H,2-3,5-6,8,10,12-16H2,1H3,(H,24,25)/b7-4-,11-9-/t17-,18-,19-/m1/s1. The highest BCUT2D eigenvalue weighted by molar-refractivity contribution is 6.21. The van der Waals surface area contributed by atoms with Gasteiger partial charge in [-0.1, -0.05) is 50.5 Å². The van der Waals surface area contributed by atoms with Gasteiger partial charge >= 0.3 is 5.97 Å². The van der Waals surface area contributed by atoms with E-state index in [4.69, 9.17) is 16.7 Å². The van der Waals surface area contributed by atoms with Crippen molar-refractivity contribution in [2.24, 2.45) is 0 Å². The van der Waals surface area contributed by atoms with Gasteiger partial charge in [0.05, 0.1) is 11.5 Å². The number of likely N-dealkylation sites (tertiary alicyclic amines) is 1. The summed E-state index contributed by atoms with van der Waals surface area (Å²) >= 11 is 6.45. The molecule has 5 heteroatoms. The van der Waals surface area contributed by atoms with Gasteiger partial charge in [0, 0.05) is 25.6 Å². The summed E-state index contributed by atoms with van der Waals surface area (Å²) in [6.45, 7) is 3.98. The number of aliphatic hydroxyl groups is 1. The number of rotatable bonds is 13. The number of carbonyl (C=O) groups is 1. The quantitative estimate of drug-likeness (QED) is 0.287. The lowest BCUT2D eigenvalue weighted by Gasteiger charge is -2.23. The minimum Gasteiger partial charge on any atom is -0.481 e. The van der Waals surface area contributed by atoms with Gasteiger partial charge in [0.15, 0.2) is 0 Å². The van der Waals surface area contributed by atoms with Crippen molar-refractivity contribution < 1.29 is 15.0 Å². The van der Waals surface area contributed by atoms with E-state index < -0.39 is 5.97 Å². The number of hydrogen-bond acceptors (Lipinski definition) is 3. The van der Waals surface area contributed by atoms with Crippen LogP contribution in [0.4, 0.5) is 0 Å². The average Bonchev–Trinajstić information content (AvgIpc) is 2.91. The van der Waals surface area contributed by atoms with Crippen LogP contribution in [0.15, 0.2) is 24.3 Å². The first-order chi connectivity index (χ1) is 12.0. The van der Waals surface area contributed by atoms with Crippen molar-refractivity contribution in [3.63, 3.8) is 0 Å². The monoisotopic (exact) mass is 371 g/mol. The number of halogens is 1. The molecule has 0 aliphatic carbocycles. The minimum absolute atomic E-state index is 0.159. The molecule has 0 amide bonds. The van der Waals surface area contributed by atoms with Crippen LogP contribution in [0.3, 0.4) is 0 Å². The molecule has 2 N–H and O–H groups in total. The number of aliphatic hydroxyl groups excluding tert-OH is 1. The number of carboxylic acids is 1. The second-order valence-electron chi connectivity index (χ2n) is 6.85. The van der Waals surface area contributed by atoms with E-state index in [2.05, 4.69) is 30.1 Å². The van der Waals surface area contributed by atoms with Gasteiger partial charge in [-0.05, 0) is 32.1 Å². The molecule has 144 valence electrons. The first kappa shape index (κ1) is 22.2. The van der Waals surface area contributed by atoms with Gasteiger partial charge in [0.25, 0.3) is 0 Å². The van der Waals surface area contributed by atoms with Crippen LogP contribution < -0.4 is 0 Å². The number of nitrogens with zero attached hydrogens (tertiary/aromatic N) is 1. The zero-order chi connectivity index (χ0) is 18.5. The van der Waals surface area contributed by atoms with Gasteiger partial charge < -0.3 is 10.2 Å². The van der Waals surface area contributed by atoms with Crippen LogP contribution in [0.2, 0.25) is 0 Å². The maximum absolute atomic E-state index is 10.5. The molecule has 0 bridgehead atoms. The zero-order valence-corrected chi connectivity index (χ0v) is 16.2. The Bertz CT molecular complexity index is 425. The van der Waals surface area contributed by atoms with Gasteiger partial charge in [-0.2, -0.15) is 0 Å². The molecule has 25 heavy (non-hydrogen) atoms. The third kappa shape index (κ3) is 10.0. The summed E-state index contributed by atoms with van der Waals surface area (Å²) in [7, 11) is 0. The lowest BCUT2D eigenvalue weighted by molar-refractivity contribution is -0.137. The Morgan fingerprint density at radius 2 is 2.08 bits per heavy atom. The van der Waals surface area contributed by atoms with Crippen LogP contribution in [-0.2, 0) is 4.79 Å². The van der Waals surface area contributed by atoms with Crippen molar-refractivity contribution in [1.82, 2.24) is 4.90 Å². The Labute approximate surface area is 157 Å². The number of unbranched alkanes of at least 4 members (excludes halogenated alkanes) is 3. The predicted octanol–water partition coefficient (Wildman–Crippen LogP) is 4.37. The van der Waals surface area contributed by atoms with E-state index in [-0.39, 0.29) is 17.9 Å². The molecule has 0 saturated carbocycles. The summed E-state index contributed by atoms with van der Waals surface area (Å²) in [5.41, 5.74) is 0. The maximum Gasteiger partial charge on any atom is 0.303 e. The van der Waals surface area contributed by atoms with Crippen LogP contribution in [0.25, 0.3) is 0 Å². The Morgan fingerprint density at radius 1 is 1.28 bits per heavy atom. The predicted molar refractivity (Wildman–Crippen MR) is 104 cm³/mol. The van der Waals surface area contributed by atoms with Gasteiger partial charge in [0.1, 0.15) is 0 Å². The second kappa shape index (κ2) is 13.4. The smallest absolute Gasteiger partial charge is 0.303 e. The molecule has 0 aromatic carbocycles. The van der Waals surface area contributed by atoms with E-state index in [1.54, 1.807) is 0 Å². The average molecular weight is 372 g/mol. The molecule has 0 aromatic heterocycles. The van der Waals surface area contributed by atoms with E-state index in [0.29, 0.717) is 12.5 Å². The Kier molecular flexibility index (Phi) is 11.9. The highest BCUT2D eigenvalue weighted by Gasteiger charge is 2.30. The molecule has 0 unspecified atom stereocenters. The van der Waals surface area contributed by atoms with Crippen molar-refractivity contribution >= 4 is 17.6 Å². The molecule has 1 fully saturated rings. The van der Waals surface area contributed by atoms with Gasteiger partial charge in [0.2, 0.25) is 0 Å². The largest absolute Gasteiger partial charge is 0.481 e. The summed E-state index contributed by atoms with van der Waals surface area (Å²) < 4.78 is 0. The van der Waals surface area contributed by atoms with Crippen LogP contribution in [-0.4, -0.2) is 51.7 Å². The van der Waals surface area contributed by atoms with Gasteiger partial charge in [-0.25, -0.2) is 0 Å². The molecular formula is C20H34ClNO3. The van der Waals surface area contributed by atoms with E-state index in [9.17, 15) is 9.90 Å². The number of allylic oxidation sites excluding steroid dienone is 1. The molecular weight excluding hydrogens is 338 g/mol. The molecule has 1 rings (SSSR count). The molecule has 1 saturated heterocycles. The topological polar surface area (TPSA) is 60.8 Å². The second-order valence-corrected chi connectivity index (χ2v) is 7.41. The van der Waals surface area contributed by atoms with E-state index in [0.717, 1.165) is 45.2 Å². The summed E-state index contributed by atoms with van der Waals surface area (Å²) in [6, 6.07) is 0.319. The Morgan fingerprint density at radius 3 is 2.80 bits per heavy atom. The summed E-state index contributed by atoms with van der Waals surface area (Å²) in [4.78, 5) is 12.8. The van der Waals surface area contributed by atoms with E-state index in [1.165, 1.54) is 12.8 Å². The maximum atomic E-state index is 10.5. The van der Waals surface area contributed by atoms with Crippen molar-refractivity contribution in [1.29, 1.82) is 0 Å². The first-order valence-corrected chi connectivity index (χ1v) is 10.1. The number of aliphatic carboxylic acids is 1. The van der Waals surface area contributed by atoms with Crippen LogP contribution in [0, 0.1) is 0 Å². The Balaban J connectivity index is 2.30. The van der Waals surface area contributed by atoms with Crippen LogP contribution >= 0.6 is 11.6 Å². The molecule has 0 aromatic rings. The number of alkyl halides is 1. The normalized spacial score (nSPS) is 23.0. The zero-order valence-electron chi connectivity index (χ0n) is 15.4. The fourth-order valence-corrected chi connectivity index (χ4v) is 3.54.